The van der Waals surface area contributed by atoms with Crippen LogP contribution in [-0.2, 0) is 6.54 Å². The minimum absolute atomic E-state index is 0.638. The van der Waals surface area contributed by atoms with Crippen molar-refractivity contribution in [1.29, 1.82) is 0 Å². The molecule has 0 unspecified atom stereocenters. The van der Waals surface area contributed by atoms with E-state index in [1.54, 1.807) is 0 Å². The summed E-state index contributed by atoms with van der Waals surface area (Å²) < 4.78 is 0. The summed E-state index contributed by atoms with van der Waals surface area (Å²) in [7, 11) is 0. The summed E-state index contributed by atoms with van der Waals surface area (Å²) in [5, 5.41) is 5.13. The van der Waals surface area contributed by atoms with Gasteiger partial charge in [-0.2, -0.15) is 0 Å². The number of H-pyrrole nitrogens is 1. The molecule has 1 heterocycles. The number of hydrogen-bond acceptors (Lipinski definition) is 1. The summed E-state index contributed by atoms with van der Waals surface area (Å²) in [5.74, 6) is 0.685. The summed E-state index contributed by atoms with van der Waals surface area (Å²) in [6, 6.07) is 20.0. The molecule has 0 saturated heterocycles. The zero-order chi connectivity index (χ0) is 14.8. The van der Waals surface area contributed by atoms with Crippen LogP contribution in [0.4, 0.5) is 0 Å². The van der Waals surface area contributed by atoms with Crippen LogP contribution in [0.25, 0.3) is 10.9 Å². The van der Waals surface area contributed by atoms with Crippen molar-refractivity contribution in [3.05, 3.63) is 71.9 Å². The Bertz CT molecular complexity index is 745. The van der Waals surface area contributed by atoms with Crippen molar-refractivity contribution < 1.29 is 0 Å². The molecule has 2 N–H and O–H groups in total. The molecule has 2 atom stereocenters. The summed E-state index contributed by atoms with van der Waals surface area (Å²) >= 11 is 0. The van der Waals surface area contributed by atoms with Crippen molar-refractivity contribution in [3.8, 4) is 0 Å². The topological polar surface area (TPSA) is 27.8 Å². The zero-order valence-electron chi connectivity index (χ0n) is 12.8. The second-order valence-corrected chi connectivity index (χ2v) is 6.36. The van der Waals surface area contributed by atoms with Gasteiger partial charge >= 0.3 is 0 Å². The maximum Gasteiger partial charge on any atom is 0.0456 e. The maximum atomic E-state index is 3.73. The fraction of sp³-hybridized carbons (Fsp3) is 0.300. The highest BCUT2D eigenvalue weighted by Gasteiger charge is 2.27. The first-order chi connectivity index (χ1) is 10.9. The molecule has 1 saturated carbocycles. The highest BCUT2D eigenvalue weighted by atomic mass is 14.9. The zero-order valence-corrected chi connectivity index (χ0v) is 12.8. The van der Waals surface area contributed by atoms with Crippen LogP contribution < -0.4 is 5.32 Å². The summed E-state index contributed by atoms with van der Waals surface area (Å²) in [6.07, 6.45) is 6.02. The van der Waals surface area contributed by atoms with Gasteiger partial charge in [0.15, 0.2) is 0 Å². The lowest BCUT2D eigenvalue weighted by Crippen LogP contribution is -2.25. The Labute approximate surface area is 131 Å². The van der Waals surface area contributed by atoms with Crippen molar-refractivity contribution in [2.75, 3.05) is 0 Å². The van der Waals surface area contributed by atoms with Crippen LogP contribution in [0.3, 0.4) is 0 Å². The van der Waals surface area contributed by atoms with E-state index in [4.69, 9.17) is 0 Å². The highest BCUT2D eigenvalue weighted by Crippen LogP contribution is 2.37. The van der Waals surface area contributed by atoms with Gasteiger partial charge in [-0.3, -0.25) is 0 Å². The van der Waals surface area contributed by atoms with E-state index in [0.717, 1.165) is 6.54 Å². The molecule has 3 aromatic rings. The van der Waals surface area contributed by atoms with Crippen molar-refractivity contribution in [2.24, 2.45) is 0 Å². The third-order valence-corrected chi connectivity index (χ3v) is 4.93. The molecule has 0 bridgehead atoms. The summed E-state index contributed by atoms with van der Waals surface area (Å²) in [5.41, 5.74) is 4.14. The number of nitrogens with one attached hydrogen (secondary N) is 2. The lowest BCUT2D eigenvalue weighted by atomic mass is 9.97. The molecule has 2 aromatic carbocycles. The Morgan fingerprint density at radius 1 is 0.955 bits per heavy atom. The molecule has 1 fully saturated rings. The van der Waals surface area contributed by atoms with Gasteiger partial charge in [-0.15, -0.1) is 0 Å². The predicted octanol–water partition coefficient (Wildman–Crippen LogP) is 4.59. The van der Waals surface area contributed by atoms with Crippen LogP contribution in [0.5, 0.6) is 0 Å². The second kappa shape index (κ2) is 5.98. The molecule has 2 nitrogen and oxygen atoms in total. The van der Waals surface area contributed by atoms with E-state index in [0.29, 0.717) is 12.0 Å². The number of aromatic nitrogens is 1. The van der Waals surface area contributed by atoms with E-state index in [1.165, 1.54) is 41.3 Å². The summed E-state index contributed by atoms with van der Waals surface area (Å²) in [4.78, 5) is 3.42. The third-order valence-electron chi connectivity index (χ3n) is 4.93. The normalized spacial score (nSPS) is 21.5. The number of benzene rings is 2. The Kier molecular flexibility index (Phi) is 3.69. The molecular weight excluding hydrogens is 268 g/mol. The first kappa shape index (κ1) is 13.6. The van der Waals surface area contributed by atoms with Gasteiger partial charge < -0.3 is 10.3 Å². The largest absolute Gasteiger partial charge is 0.361 e. The van der Waals surface area contributed by atoms with Crippen LogP contribution in [0.15, 0.2) is 60.8 Å². The van der Waals surface area contributed by atoms with Crippen LogP contribution in [-0.4, -0.2) is 11.0 Å². The first-order valence-corrected chi connectivity index (χ1v) is 8.23. The molecule has 1 aliphatic carbocycles. The van der Waals surface area contributed by atoms with Crippen LogP contribution >= 0.6 is 0 Å². The van der Waals surface area contributed by atoms with Crippen LogP contribution in [0.2, 0.25) is 0 Å². The van der Waals surface area contributed by atoms with Gasteiger partial charge in [0.05, 0.1) is 0 Å². The average molecular weight is 290 g/mol. The van der Waals surface area contributed by atoms with E-state index in [9.17, 15) is 0 Å². The molecule has 0 amide bonds. The minimum atomic E-state index is 0.638. The predicted molar refractivity (Wildman–Crippen MR) is 92.0 cm³/mol. The quantitative estimate of drug-likeness (QED) is 0.722. The van der Waals surface area contributed by atoms with Crippen molar-refractivity contribution in [2.45, 2.75) is 37.8 Å². The molecular formula is C20H22N2. The van der Waals surface area contributed by atoms with Gasteiger partial charge in [-0.1, -0.05) is 48.5 Å². The fourth-order valence-electron chi connectivity index (χ4n) is 3.74. The number of aromatic amines is 1. The number of hydrogen-bond donors (Lipinski definition) is 2. The smallest absolute Gasteiger partial charge is 0.0456 e. The second-order valence-electron chi connectivity index (χ2n) is 6.36. The molecule has 112 valence electrons. The van der Waals surface area contributed by atoms with E-state index < -0.39 is 0 Å². The average Bonchev–Trinajstić information content (AvgIpc) is 3.20. The van der Waals surface area contributed by atoms with Gasteiger partial charge in [-0.25, -0.2) is 0 Å². The molecule has 4 rings (SSSR count). The van der Waals surface area contributed by atoms with E-state index in [-0.39, 0.29) is 0 Å². The van der Waals surface area contributed by atoms with Crippen LogP contribution in [0, 0.1) is 0 Å². The molecule has 1 aliphatic rings. The van der Waals surface area contributed by atoms with Gasteiger partial charge in [-0.05, 0) is 42.4 Å². The fourth-order valence-corrected chi connectivity index (χ4v) is 3.74. The lowest BCUT2D eigenvalue weighted by molar-refractivity contribution is 0.518. The van der Waals surface area contributed by atoms with Crippen molar-refractivity contribution >= 4 is 10.9 Å². The Hall–Kier alpha value is -2.06. The Morgan fingerprint density at radius 2 is 1.77 bits per heavy atom. The lowest BCUT2D eigenvalue weighted by Gasteiger charge is -2.13. The highest BCUT2D eigenvalue weighted by molar-refractivity contribution is 5.83. The number of para-hydroxylation sites is 1. The van der Waals surface area contributed by atoms with Gasteiger partial charge in [0.1, 0.15) is 0 Å². The summed E-state index contributed by atoms with van der Waals surface area (Å²) in [6.45, 7) is 0.978. The van der Waals surface area contributed by atoms with Gasteiger partial charge in [0.2, 0.25) is 0 Å². The SMILES string of the molecule is c1ccc(CN[C@H]2CC[C@H](c3c[nH]c4ccccc34)C2)cc1. The number of rotatable bonds is 4. The standard InChI is InChI=1S/C20H22N2/c1-2-6-15(7-3-1)13-21-17-11-10-16(12-17)19-14-22-20-9-5-4-8-18(19)20/h1-9,14,16-17,21-22H,10-13H2/t16-,17-/m0/s1. The molecule has 0 spiro atoms. The molecule has 2 heteroatoms. The van der Waals surface area contributed by atoms with E-state index >= 15 is 0 Å². The Balaban J connectivity index is 1.42. The first-order valence-electron chi connectivity index (χ1n) is 8.23. The number of fused-ring (bicyclic) bond motifs is 1. The molecule has 22 heavy (non-hydrogen) atoms. The third kappa shape index (κ3) is 2.67. The van der Waals surface area contributed by atoms with Gasteiger partial charge in [0.25, 0.3) is 0 Å². The Morgan fingerprint density at radius 3 is 2.68 bits per heavy atom. The van der Waals surface area contributed by atoms with Crippen LogP contribution in [0.1, 0.15) is 36.3 Å². The molecule has 1 aromatic heterocycles. The maximum absolute atomic E-state index is 3.73. The monoisotopic (exact) mass is 290 g/mol. The van der Waals surface area contributed by atoms with Crippen molar-refractivity contribution in [3.63, 3.8) is 0 Å². The van der Waals surface area contributed by atoms with E-state index in [2.05, 4.69) is 71.1 Å². The minimum Gasteiger partial charge on any atom is -0.361 e. The molecule has 0 aliphatic heterocycles. The van der Waals surface area contributed by atoms with Crippen molar-refractivity contribution in [1.82, 2.24) is 10.3 Å². The van der Waals surface area contributed by atoms with E-state index in [1.807, 2.05) is 0 Å². The van der Waals surface area contributed by atoms with Gasteiger partial charge in [0, 0.05) is 29.7 Å². The molecule has 0 radical (unpaired) electrons.